The van der Waals surface area contributed by atoms with Crippen LogP contribution in [0, 0.1) is 0 Å². The van der Waals surface area contributed by atoms with E-state index < -0.39 is 0 Å². The summed E-state index contributed by atoms with van der Waals surface area (Å²) in [6.07, 6.45) is 3.12. The highest BCUT2D eigenvalue weighted by molar-refractivity contribution is 5.76. The maximum Gasteiger partial charge on any atom is 0.203 e. The Hall–Kier alpha value is -2.09. The van der Waals surface area contributed by atoms with Crippen LogP contribution in [-0.4, -0.2) is 19.8 Å². The van der Waals surface area contributed by atoms with Crippen LogP contribution in [0.1, 0.15) is 25.0 Å². The highest BCUT2D eigenvalue weighted by Crippen LogP contribution is 2.12. The zero-order chi connectivity index (χ0) is 14.4. The van der Waals surface area contributed by atoms with E-state index in [4.69, 9.17) is 0 Å². The highest BCUT2D eigenvalue weighted by Gasteiger charge is 1.99. The Morgan fingerprint density at radius 3 is 2.15 bits per heavy atom. The van der Waals surface area contributed by atoms with Crippen molar-refractivity contribution in [2.45, 2.75) is 20.3 Å². The van der Waals surface area contributed by atoms with Gasteiger partial charge in [0.1, 0.15) is 0 Å². The van der Waals surface area contributed by atoms with E-state index >= 15 is 0 Å². The number of benzene rings is 2. The van der Waals surface area contributed by atoms with Gasteiger partial charge in [0.25, 0.3) is 0 Å². The molecule has 0 aromatic heterocycles. The molecular formula is C18H23N2+. The lowest BCUT2D eigenvalue weighted by molar-refractivity contribution is -0.346. The van der Waals surface area contributed by atoms with Gasteiger partial charge in [-0.1, -0.05) is 19.1 Å². The van der Waals surface area contributed by atoms with Crippen LogP contribution < -0.4 is 9.89 Å². The smallest absolute Gasteiger partial charge is 0.203 e. The van der Waals surface area contributed by atoms with Crippen molar-refractivity contribution < 1.29 is 4.99 Å². The SMILES string of the molecule is CCc1ccc([NH+]=Cc2ccc(N(C)CC)cc2)cc1. The standard InChI is InChI=1S/C18H22N2/c1-4-15-6-10-17(11-7-15)19-14-16-8-12-18(13-9-16)20(3)5-2/h6-14H,4-5H2,1-3H3/p+1. The number of hydrogen-bond acceptors (Lipinski definition) is 1. The monoisotopic (exact) mass is 267 g/mol. The molecule has 0 radical (unpaired) electrons. The maximum absolute atomic E-state index is 3.34. The molecular weight excluding hydrogens is 244 g/mol. The molecule has 0 spiro atoms. The number of nitrogens with zero attached hydrogens (tertiary/aromatic N) is 1. The Kier molecular flexibility index (Phi) is 4.94. The van der Waals surface area contributed by atoms with E-state index in [0.717, 1.165) is 18.7 Å². The van der Waals surface area contributed by atoms with Gasteiger partial charge in [-0.25, -0.2) is 4.99 Å². The third kappa shape index (κ3) is 3.70. The lowest BCUT2D eigenvalue weighted by atomic mass is 10.1. The zero-order valence-corrected chi connectivity index (χ0v) is 12.6. The number of hydrogen-bond donors (Lipinski definition) is 1. The summed E-state index contributed by atoms with van der Waals surface area (Å²) in [5.41, 5.74) is 4.91. The van der Waals surface area contributed by atoms with Crippen LogP contribution >= 0.6 is 0 Å². The van der Waals surface area contributed by atoms with Gasteiger partial charge >= 0.3 is 0 Å². The second-order valence-electron chi connectivity index (χ2n) is 4.94. The summed E-state index contributed by atoms with van der Waals surface area (Å²) < 4.78 is 0. The molecule has 2 rings (SSSR count). The third-order valence-electron chi connectivity index (χ3n) is 3.58. The molecule has 0 heterocycles. The van der Waals surface area contributed by atoms with Crippen molar-refractivity contribution in [2.24, 2.45) is 0 Å². The average molecular weight is 267 g/mol. The molecule has 0 atom stereocenters. The molecule has 0 amide bonds. The highest BCUT2D eigenvalue weighted by atomic mass is 15.1. The van der Waals surface area contributed by atoms with Gasteiger partial charge in [0.15, 0.2) is 6.21 Å². The Morgan fingerprint density at radius 2 is 1.60 bits per heavy atom. The summed E-state index contributed by atoms with van der Waals surface area (Å²) in [7, 11) is 2.10. The molecule has 2 aromatic rings. The van der Waals surface area contributed by atoms with E-state index in [-0.39, 0.29) is 0 Å². The number of anilines is 1. The number of nitrogens with one attached hydrogen (secondary N) is 1. The minimum Gasteiger partial charge on any atom is -0.375 e. The molecule has 20 heavy (non-hydrogen) atoms. The van der Waals surface area contributed by atoms with E-state index in [0.29, 0.717) is 0 Å². The van der Waals surface area contributed by atoms with Crippen LogP contribution in [0.2, 0.25) is 0 Å². The molecule has 1 N–H and O–H groups in total. The topological polar surface area (TPSA) is 17.2 Å². The van der Waals surface area contributed by atoms with Crippen LogP contribution in [-0.2, 0) is 6.42 Å². The Labute approximate surface area is 121 Å². The first-order valence-electron chi connectivity index (χ1n) is 7.22. The van der Waals surface area contributed by atoms with Crippen molar-refractivity contribution in [1.82, 2.24) is 0 Å². The second-order valence-corrected chi connectivity index (χ2v) is 4.94. The fourth-order valence-corrected chi connectivity index (χ4v) is 2.01. The Bertz CT molecular complexity index is 553. The van der Waals surface area contributed by atoms with E-state index in [2.05, 4.69) is 79.3 Å². The predicted molar refractivity (Wildman–Crippen MR) is 87.0 cm³/mol. The van der Waals surface area contributed by atoms with Gasteiger partial charge in [0.05, 0.1) is 0 Å². The summed E-state index contributed by atoms with van der Waals surface area (Å²) in [5, 5.41) is 0. The summed E-state index contributed by atoms with van der Waals surface area (Å²) in [6.45, 7) is 5.34. The van der Waals surface area contributed by atoms with Crippen molar-refractivity contribution in [3.63, 3.8) is 0 Å². The third-order valence-corrected chi connectivity index (χ3v) is 3.58. The summed E-state index contributed by atoms with van der Waals surface area (Å²) >= 11 is 0. The van der Waals surface area contributed by atoms with Gasteiger partial charge in [0.2, 0.25) is 5.69 Å². The van der Waals surface area contributed by atoms with E-state index in [1.807, 2.05) is 6.21 Å². The van der Waals surface area contributed by atoms with Crippen molar-refractivity contribution >= 4 is 17.6 Å². The number of rotatable bonds is 5. The molecule has 2 aromatic carbocycles. The largest absolute Gasteiger partial charge is 0.375 e. The van der Waals surface area contributed by atoms with E-state index in [9.17, 15) is 0 Å². The van der Waals surface area contributed by atoms with Crippen LogP contribution in [0.3, 0.4) is 0 Å². The van der Waals surface area contributed by atoms with Crippen molar-refractivity contribution in [3.8, 4) is 0 Å². The summed E-state index contributed by atoms with van der Waals surface area (Å²) in [5.74, 6) is 0. The fourth-order valence-electron chi connectivity index (χ4n) is 2.01. The zero-order valence-electron chi connectivity index (χ0n) is 12.6. The normalized spacial score (nSPS) is 10.9. The quantitative estimate of drug-likeness (QED) is 0.824. The molecule has 104 valence electrons. The lowest BCUT2D eigenvalue weighted by Crippen LogP contribution is -2.61. The van der Waals surface area contributed by atoms with E-state index in [1.165, 1.54) is 16.8 Å². The van der Waals surface area contributed by atoms with E-state index in [1.54, 1.807) is 0 Å². The minimum atomic E-state index is 1.02. The first kappa shape index (κ1) is 14.3. The molecule has 0 fully saturated rings. The Morgan fingerprint density at radius 1 is 0.950 bits per heavy atom. The van der Waals surface area contributed by atoms with Crippen molar-refractivity contribution in [1.29, 1.82) is 0 Å². The van der Waals surface area contributed by atoms with Crippen LogP contribution in [0.15, 0.2) is 48.5 Å². The van der Waals surface area contributed by atoms with Crippen LogP contribution in [0.4, 0.5) is 11.4 Å². The van der Waals surface area contributed by atoms with Gasteiger partial charge in [-0.2, -0.15) is 0 Å². The molecule has 2 nitrogen and oxygen atoms in total. The van der Waals surface area contributed by atoms with Gasteiger partial charge in [-0.05, 0) is 43.2 Å². The van der Waals surface area contributed by atoms with Gasteiger partial charge < -0.3 is 4.90 Å². The van der Waals surface area contributed by atoms with Gasteiger partial charge in [0, 0.05) is 37.0 Å². The molecule has 0 aliphatic heterocycles. The average Bonchev–Trinajstić information content (AvgIpc) is 2.53. The molecule has 0 unspecified atom stereocenters. The Balaban J connectivity index is 2.06. The predicted octanol–water partition coefficient (Wildman–Crippen LogP) is 2.54. The van der Waals surface area contributed by atoms with Gasteiger partial charge in [-0.3, -0.25) is 0 Å². The molecule has 0 aliphatic rings. The lowest BCUT2D eigenvalue weighted by Gasteiger charge is -2.16. The number of aryl methyl sites for hydroxylation is 1. The van der Waals surface area contributed by atoms with Gasteiger partial charge in [-0.15, -0.1) is 0 Å². The minimum absolute atomic E-state index is 1.02. The second kappa shape index (κ2) is 6.90. The van der Waals surface area contributed by atoms with Crippen molar-refractivity contribution in [2.75, 3.05) is 18.5 Å². The molecule has 0 aliphatic carbocycles. The molecule has 2 heteroatoms. The molecule has 0 saturated heterocycles. The summed E-state index contributed by atoms with van der Waals surface area (Å²) in [6, 6.07) is 17.1. The van der Waals surface area contributed by atoms with Crippen LogP contribution in [0.5, 0.6) is 0 Å². The fraction of sp³-hybridized carbons (Fsp3) is 0.278. The van der Waals surface area contributed by atoms with Crippen molar-refractivity contribution in [3.05, 3.63) is 59.7 Å². The summed E-state index contributed by atoms with van der Waals surface area (Å²) in [4.78, 5) is 5.56. The van der Waals surface area contributed by atoms with Crippen LogP contribution in [0.25, 0.3) is 0 Å². The first-order valence-corrected chi connectivity index (χ1v) is 7.22. The molecule has 0 bridgehead atoms. The maximum atomic E-state index is 3.34. The molecule has 0 saturated carbocycles. The first-order chi connectivity index (χ1) is 9.72.